The summed E-state index contributed by atoms with van der Waals surface area (Å²) in [6, 6.07) is 0. The van der Waals surface area contributed by atoms with Crippen molar-refractivity contribution in [1.29, 1.82) is 0 Å². The van der Waals surface area contributed by atoms with Gasteiger partial charge in [-0.3, -0.25) is 4.79 Å². The van der Waals surface area contributed by atoms with Gasteiger partial charge in [-0.15, -0.1) is 10.2 Å². The molecule has 6 nitrogen and oxygen atoms in total. The lowest BCUT2D eigenvalue weighted by atomic mass is 10.5. The third-order valence-corrected chi connectivity index (χ3v) is 2.26. The summed E-state index contributed by atoms with van der Waals surface area (Å²) in [5, 5.41) is 16.7. The van der Waals surface area contributed by atoms with Gasteiger partial charge in [0, 0.05) is 13.7 Å². The van der Waals surface area contributed by atoms with E-state index in [1.807, 2.05) is 0 Å². The van der Waals surface area contributed by atoms with Crippen LogP contribution in [-0.2, 0) is 9.53 Å². The monoisotopic (exact) mass is 217 g/mol. The number of carboxylic acids is 1. The lowest BCUT2D eigenvalue weighted by molar-refractivity contribution is -0.135. The maximum atomic E-state index is 10.5. The van der Waals surface area contributed by atoms with Crippen LogP contribution in [0.2, 0.25) is 0 Å². The van der Waals surface area contributed by atoms with E-state index < -0.39 is 5.97 Å². The van der Waals surface area contributed by atoms with Gasteiger partial charge in [0.2, 0.25) is 5.13 Å². The highest BCUT2D eigenvalue weighted by atomic mass is 32.1. The van der Waals surface area contributed by atoms with Crippen LogP contribution in [0.5, 0.6) is 0 Å². The first kappa shape index (κ1) is 10.9. The Morgan fingerprint density at radius 1 is 1.79 bits per heavy atom. The molecule has 0 aromatic carbocycles. The second kappa shape index (κ2) is 5.51. The van der Waals surface area contributed by atoms with E-state index in [1.54, 1.807) is 17.5 Å². The molecule has 14 heavy (non-hydrogen) atoms. The van der Waals surface area contributed by atoms with Gasteiger partial charge in [-0.1, -0.05) is 11.3 Å². The Hall–Kier alpha value is -1.21. The molecule has 0 bridgehead atoms. The third-order valence-electron chi connectivity index (χ3n) is 1.51. The van der Waals surface area contributed by atoms with Crippen LogP contribution in [0.4, 0.5) is 5.13 Å². The van der Waals surface area contributed by atoms with Gasteiger partial charge in [-0.2, -0.15) is 0 Å². The molecule has 1 aromatic heterocycles. The molecular weight excluding hydrogens is 206 g/mol. The van der Waals surface area contributed by atoms with Gasteiger partial charge in [0.25, 0.3) is 0 Å². The molecule has 0 amide bonds. The van der Waals surface area contributed by atoms with Crippen LogP contribution in [0.25, 0.3) is 0 Å². The number of carbonyl (C=O) groups is 1. The van der Waals surface area contributed by atoms with Crippen molar-refractivity contribution in [2.24, 2.45) is 0 Å². The van der Waals surface area contributed by atoms with Crippen LogP contribution in [0.3, 0.4) is 0 Å². The van der Waals surface area contributed by atoms with Crippen LogP contribution in [0, 0.1) is 0 Å². The fourth-order valence-corrected chi connectivity index (χ4v) is 1.50. The normalized spacial score (nSPS) is 10.1. The lowest BCUT2D eigenvalue weighted by Gasteiger charge is -2.17. The molecule has 1 rings (SSSR count). The first-order valence-corrected chi connectivity index (χ1v) is 4.84. The predicted molar refractivity (Wildman–Crippen MR) is 51.6 cm³/mol. The van der Waals surface area contributed by atoms with Gasteiger partial charge >= 0.3 is 5.97 Å². The van der Waals surface area contributed by atoms with E-state index in [2.05, 4.69) is 10.2 Å². The summed E-state index contributed by atoms with van der Waals surface area (Å²) in [6.07, 6.45) is 0. The highest BCUT2D eigenvalue weighted by Crippen LogP contribution is 2.14. The summed E-state index contributed by atoms with van der Waals surface area (Å²) in [5.41, 5.74) is 1.57. The first-order chi connectivity index (χ1) is 6.74. The predicted octanol–water partition coefficient (Wildman–Crippen LogP) is 0.0755. The number of carboxylic acid groups (broad SMARTS) is 1. The van der Waals surface area contributed by atoms with Crippen molar-refractivity contribution in [3.63, 3.8) is 0 Å². The first-order valence-electron chi connectivity index (χ1n) is 3.96. The zero-order valence-corrected chi connectivity index (χ0v) is 8.53. The number of anilines is 1. The molecule has 0 aliphatic carbocycles. The van der Waals surface area contributed by atoms with Crippen LogP contribution in [0.1, 0.15) is 0 Å². The summed E-state index contributed by atoms with van der Waals surface area (Å²) in [5.74, 6) is -0.892. The van der Waals surface area contributed by atoms with Gasteiger partial charge in [-0.05, 0) is 0 Å². The van der Waals surface area contributed by atoms with Crippen LogP contribution >= 0.6 is 11.3 Å². The van der Waals surface area contributed by atoms with Crippen molar-refractivity contribution >= 4 is 22.4 Å². The van der Waals surface area contributed by atoms with E-state index in [-0.39, 0.29) is 6.54 Å². The Morgan fingerprint density at radius 2 is 2.57 bits per heavy atom. The largest absolute Gasteiger partial charge is 0.480 e. The van der Waals surface area contributed by atoms with Gasteiger partial charge in [0.15, 0.2) is 0 Å². The van der Waals surface area contributed by atoms with Gasteiger partial charge < -0.3 is 14.7 Å². The summed E-state index contributed by atoms with van der Waals surface area (Å²) in [6.45, 7) is 0.878. The second-order valence-electron chi connectivity index (χ2n) is 2.53. The Kier molecular flexibility index (Phi) is 4.27. The van der Waals surface area contributed by atoms with E-state index in [9.17, 15) is 4.79 Å². The Balaban J connectivity index is 2.57. The summed E-state index contributed by atoms with van der Waals surface area (Å²) in [7, 11) is 1.57. The smallest absolute Gasteiger partial charge is 0.323 e. The molecule has 0 saturated carbocycles. The highest BCUT2D eigenvalue weighted by molar-refractivity contribution is 7.13. The van der Waals surface area contributed by atoms with Gasteiger partial charge in [-0.25, -0.2) is 0 Å². The van der Waals surface area contributed by atoms with Crippen molar-refractivity contribution in [2.75, 3.05) is 31.7 Å². The van der Waals surface area contributed by atoms with E-state index >= 15 is 0 Å². The zero-order chi connectivity index (χ0) is 10.4. The maximum absolute atomic E-state index is 10.5. The van der Waals surface area contributed by atoms with Crippen molar-refractivity contribution < 1.29 is 14.6 Å². The van der Waals surface area contributed by atoms with E-state index in [4.69, 9.17) is 9.84 Å². The number of nitrogens with zero attached hydrogens (tertiary/aromatic N) is 3. The maximum Gasteiger partial charge on any atom is 0.323 e. The molecule has 0 saturated heterocycles. The van der Waals surface area contributed by atoms with Crippen LogP contribution in [-0.4, -0.2) is 48.1 Å². The Morgan fingerprint density at radius 3 is 3.07 bits per heavy atom. The number of aliphatic carboxylic acids is 1. The topological polar surface area (TPSA) is 75.5 Å². The summed E-state index contributed by atoms with van der Waals surface area (Å²) < 4.78 is 4.87. The van der Waals surface area contributed by atoms with E-state index in [1.165, 1.54) is 11.3 Å². The molecule has 0 spiro atoms. The second-order valence-corrected chi connectivity index (χ2v) is 3.34. The number of hydrogen-bond acceptors (Lipinski definition) is 6. The Bertz CT molecular complexity index is 278. The van der Waals surface area contributed by atoms with Crippen molar-refractivity contribution in [3.05, 3.63) is 5.51 Å². The van der Waals surface area contributed by atoms with Crippen molar-refractivity contribution in [1.82, 2.24) is 10.2 Å². The molecule has 0 aliphatic heterocycles. The molecule has 0 fully saturated rings. The number of methoxy groups -OCH3 is 1. The van der Waals surface area contributed by atoms with Crippen molar-refractivity contribution in [2.45, 2.75) is 0 Å². The molecule has 0 radical (unpaired) electrons. The highest BCUT2D eigenvalue weighted by Gasteiger charge is 2.12. The molecule has 0 atom stereocenters. The quantitative estimate of drug-likeness (QED) is 0.727. The van der Waals surface area contributed by atoms with Crippen LogP contribution < -0.4 is 4.90 Å². The molecular formula is C7H11N3O3S. The van der Waals surface area contributed by atoms with Crippen LogP contribution in [0.15, 0.2) is 5.51 Å². The standard InChI is InChI=1S/C7H11N3O3S/c1-13-3-2-10(4-6(11)12)7-9-8-5-14-7/h5H,2-4H2,1H3,(H,11,12). The summed E-state index contributed by atoms with van der Waals surface area (Å²) >= 11 is 1.31. The van der Waals surface area contributed by atoms with Gasteiger partial charge in [0.05, 0.1) is 6.61 Å². The van der Waals surface area contributed by atoms with E-state index in [0.717, 1.165) is 0 Å². The molecule has 78 valence electrons. The minimum absolute atomic E-state index is 0.0848. The molecule has 1 N–H and O–H groups in total. The molecule has 0 aliphatic rings. The lowest BCUT2D eigenvalue weighted by Crippen LogP contribution is -2.32. The molecule has 1 heterocycles. The zero-order valence-electron chi connectivity index (χ0n) is 7.71. The minimum Gasteiger partial charge on any atom is -0.480 e. The molecule has 0 unspecified atom stereocenters. The number of rotatable bonds is 6. The van der Waals surface area contributed by atoms with E-state index in [0.29, 0.717) is 18.3 Å². The number of aromatic nitrogens is 2. The number of hydrogen-bond donors (Lipinski definition) is 1. The average Bonchev–Trinajstić information content (AvgIpc) is 2.64. The average molecular weight is 217 g/mol. The molecule has 7 heteroatoms. The van der Waals surface area contributed by atoms with Crippen molar-refractivity contribution in [3.8, 4) is 0 Å². The third kappa shape index (κ3) is 3.27. The number of ether oxygens (including phenoxy) is 1. The minimum atomic E-state index is -0.892. The fourth-order valence-electron chi connectivity index (χ4n) is 0.912. The molecule has 1 aromatic rings. The Labute approximate surface area is 85.1 Å². The summed E-state index contributed by atoms with van der Waals surface area (Å²) in [4.78, 5) is 12.2. The van der Waals surface area contributed by atoms with Gasteiger partial charge in [0.1, 0.15) is 12.1 Å². The fraction of sp³-hybridized carbons (Fsp3) is 0.571. The SMILES string of the molecule is COCCN(CC(=O)O)c1nncs1.